The number of carbonyl (C=O) groups is 3. The Hall–Kier alpha value is -3.75. The van der Waals surface area contributed by atoms with Gasteiger partial charge >= 0.3 is 0 Å². The van der Waals surface area contributed by atoms with Crippen LogP contribution in [0, 0.1) is 5.41 Å². The van der Waals surface area contributed by atoms with Crippen molar-refractivity contribution in [1.82, 2.24) is 10.9 Å². The quantitative estimate of drug-likeness (QED) is 0.609. The van der Waals surface area contributed by atoms with Crippen LogP contribution >= 0.6 is 0 Å². The summed E-state index contributed by atoms with van der Waals surface area (Å²) in [5.74, 6) is -0.348. The number of amides is 3. The van der Waals surface area contributed by atoms with Crippen molar-refractivity contribution in [2.24, 2.45) is 5.41 Å². The molecule has 2 aromatic carbocycles. The summed E-state index contributed by atoms with van der Waals surface area (Å²) in [5, 5.41) is 2.76. The van der Waals surface area contributed by atoms with Gasteiger partial charge in [-0.1, -0.05) is 26.8 Å². The second kappa shape index (κ2) is 9.84. The molecule has 3 N–H and O–H groups in total. The van der Waals surface area contributed by atoms with Crippen molar-refractivity contribution in [3.63, 3.8) is 0 Å². The summed E-state index contributed by atoms with van der Waals surface area (Å²) >= 11 is 0. The molecule has 0 atom stereocenters. The van der Waals surface area contributed by atoms with Gasteiger partial charge in [0, 0.05) is 22.2 Å². The van der Waals surface area contributed by atoms with Crippen LogP contribution in [0.25, 0.3) is 0 Å². The lowest BCUT2D eigenvalue weighted by Gasteiger charge is -2.18. The van der Waals surface area contributed by atoms with E-state index in [4.69, 9.17) is 14.2 Å². The van der Waals surface area contributed by atoms with E-state index in [2.05, 4.69) is 16.2 Å². The Bertz CT molecular complexity index is 956. The van der Waals surface area contributed by atoms with E-state index in [0.29, 0.717) is 22.9 Å². The summed E-state index contributed by atoms with van der Waals surface area (Å²) in [5.41, 5.74) is 5.05. The van der Waals surface area contributed by atoms with Crippen molar-refractivity contribution in [3.05, 3.63) is 47.5 Å². The molecule has 166 valence electrons. The van der Waals surface area contributed by atoms with Crippen molar-refractivity contribution < 1.29 is 28.6 Å². The van der Waals surface area contributed by atoms with Gasteiger partial charge in [0.15, 0.2) is 11.5 Å². The van der Waals surface area contributed by atoms with Gasteiger partial charge in [-0.3, -0.25) is 25.2 Å². The van der Waals surface area contributed by atoms with Crippen LogP contribution in [-0.4, -0.2) is 39.1 Å². The van der Waals surface area contributed by atoms with E-state index in [0.717, 1.165) is 0 Å². The van der Waals surface area contributed by atoms with Gasteiger partial charge in [-0.2, -0.15) is 0 Å². The lowest BCUT2D eigenvalue weighted by Crippen LogP contribution is -2.41. The number of benzene rings is 2. The molecule has 0 spiro atoms. The molecule has 9 heteroatoms. The smallest absolute Gasteiger partial charge is 0.269 e. The first-order valence-electron chi connectivity index (χ1n) is 9.43. The number of hydrazine groups is 1. The number of rotatable bonds is 6. The standard InChI is InChI=1S/C22H27N3O6/c1-22(2,3)21(28)23-15-9-7-8-13(10-15)19(26)24-25-20(27)14-11-16(29-4)18(31-6)17(12-14)30-5/h7-12H,1-6H3,(H,23,28)(H,24,26)(H,25,27). The molecule has 0 aromatic heterocycles. The first-order valence-corrected chi connectivity index (χ1v) is 9.43. The fourth-order valence-electron chi connectivity index (χ4n) is 2.53. The molecule has 0 aliphatic rings. The molecule has 0 heterocycles. The van der Waals surface area contributed by atoms with Crippen LogP contribution in [-0.2, 0) is 4.79 Å². The molecule has 0 bridgehead atoms. The topological polar surface area (TPSA) is 115 Å². The predicted molar refractivity (Wildman–Crippen MR) is 116 cm³/mol. The average molecular weight is 429 g/mol. The summed E-state index contributed by atoms with van der Waals surface area (Å²) < 4.78 is 15.7. The minimum Gasteiger partial charge on any atom is -0.493 e. The third-order valence-electron chi connectivity index (χ3n) is 4.28. The Morgan fingerprint density at radius 3 is 1.81 bits per heavy atom. The van der Waals surface area contributed by atoms with E-state index in [-0.39, 0.29) is 17.0 Å². The van der Waals surface area contributed by atoms with Gasteiger partial charge in [-0.05, 0) is 30.3 Å². The molecule has 2 aromatic rings. The van der Waals surface area contributed by atoms with Crippen molar-refractivity contribution in [3.8, 4) is 17.2 Å². The summed E-state index contributed by atoms with van der Waals surface area (Å²) in [6.07, 6.45) is 0. The van der Waals surface area contributed by atoms with Crippen molar-refractivity contribution in [2.45, 2.75) is 20.8 Å². The maximum Gasteiger partial charge on any atom is 0.269 e. The largest absolute Gasteiger partial charge is 0.493 e. The number of carbonyl (C=O) groups excluding carboxylic acids is 3. The monoisotopic (exact) mass is 429 g/mol. The van der Waals surface area contributed by atoms with E-state index < -0.39 is 17.2 Å². The van der Waals surface area contributed by atoms with Gasteiger partial charge in [0.05, 0.1) is 21.3 Å². The van der Waals surface area contributed by atoms with E-state index in [1.807, 2.05) is 0 Å². The molecule has 0 saturated carbocycles. The summed E-state index contributed by atoms with van der Waals surface area (Å²) in [7, 11) is 4.33. The Kier molecular flexibility index (Phi) is 7.47. The maximum atomic E-state index is 12.5. The highest BCUT2D eigenvalue weighted by atomic mass is 16.5. The molecule has 0 fully saturated rings. The number of anilines is 1. The number of hydrogen-bond acceptors (Lipinski definition) is 6. The van der Waals surface area contributed by atoms with Crippen LogP contribution in [0.2, 0.25) is 0 Å². The Labute approximate surface area is 181 Å². The highest BCUT2D eigenvalue weighted by Crippen LogP contribution is 2.38. The Balaban J connectivity index is 2.10. The molecule has 0 unspecified atom stereocenters. The molecule has 2 rings (SSSR count). The highest BCUT2D eigenvalue weighted by molar-refractivity contribution is 6.01. The van der Waals surface area contributed by atoms with Crippen LogP contribution in [0.3, 0.4) is 0 Å². The number of nitrogens with one attached hydrogen (secondary N) is 3. The summed E-state index contributed by atoms with van der Waals surface area (Å²) in [6.45, 7) is 5.37. The molecule has 0 aliphatic carbocycles. The number of methoxy groups -OCH3 is 3. The van der Waals surface area contributed by atoms with E-state index in [1.54, 1.807) is 39.0 Å². The van der Waals surface area contributed by atoms with Gasteiger partial charge < -0.3 is 19.5 Å². The Morgan fingerprint density at radius 1 is 0.774 bits per heavy atom. The molecular formula is C22H27N3O6. The van der Waals surface area contributed by atoms with Crippen LogP contribution in [0.4, 0.5) is 5.69 Å². The van der Waals surface area contributed by atoms with Crippen molar-refractivity contribution >= 4 is 23.4 Å². The van der Waals surface area contributed by atoms with Gasteiger partial charge in [-0.25, -0.2) is 0 Å². The van der Waals surface area contributed by atoms with E-state index in [9.17, 15) is 14.4 Å². The summed E-state index contributed by atoms with van der Waals surface area (Å²) in [4.78, 5) is 37.1. The molecular weight excluding hydrogens is 402 g/mol. The zero-order chi connectivity index (χ0) is 23.2. The second-order valence-electron chi connectivity index (χ2n) is 7.61. The molecule has 0 aliphatic heterocycles. The van der Waals surface area contributed by atoms with Crippen molar-refractivity contribution in [1.29, 1.82) is 0 Å². The highest BCUT2D eigenvalue weighted by Gasteiger charge is 2.21. The fourth-order valence-corrected chi connectivity index (χ4v) is 2.53. The maximum absolute atomic E-state index is 12.5. The SMILES string of the molecule is COc1cc(C(=O)NNC(=O)c2cccc(NC(=O)C(C)(C)C)c2)cc(OC)c1OC. The fraction of sp³-hybridized carbons (Fsp3) is 0.318. The zero-order valence-electron chi connectivity index (χ0n) is 18.4. The van der Waals surface area contributed by atoms with Crippen LogP contribution in [0.1, 0.15) is 41.5 Å². The van der Waals surface area contributed by atoms with Crippen LogP contribution < -0.4 is 30.4 Å². The minimum absolute atomic E-state index is 0.180. The Morgan fingerprint density at radius 2 is 1.32 bits per heavy atom. The van der Waals surface area contributed by atoms with E-state index in [1.165, 1.54) is 39.5 Å². The van der Waals surface area contributed by atoms with Gasteiger partial charge in [-0.15, -0.1) is 0 Å². The average Bonchev–Trinajstić information content (AvgIpc) is 2.75. The zero-order valence-corrected chi connectivity index (χ0v) is 18.4. The second-order valence-corrected chi connectivity index (χ2v) is 7.61. The molecule has 31 heavy (non-hydrogen) atoms. The third-order valence-corrected chi connectivity index (χ3v) is 4.28. The minimum atomic E-state index is -0.579. The molecule has 0 saturated heterocycles. The van der Waals surface area contributed by atoms with Gasteiger partial charge in [0.25, 0.3) is 11.8 Å². The van der Waals surface area contributed by atoms with E-state index >= 15 is 0 Å². The normalized spacial score (nSPS) is 10.6. The van der Waals surface area contributed by atoms with Crippen LogP contribution in [0.15, 0.2) is 36.4 Å². The molecule has 0 radical (unpaired) electrons. The van der Waals surface area contributed by atoms with Gasteiger partial charge in [0.1, 0.15) is 0 Å². The lowest BCUT2D eigenvalue weighted by molar-refractivity contribution is -0.123. The predicted octanol–water partition coefficient (Wildman–Crippen LogP) is 2.77. The van der Waals surface area contributed by atoms with Crippen LogP contribution in [0.5, 0.6) is 17.2 Å². The molecule has 3 amide bonds. The number of ether oxygens (including phenoxy) is 3. The third kappa shape index (κ3) is 5.88. The number of hydrogen-bond donors (Lipinski definition) is 3. The first-order chi connectivity index (χ1) is 14.6. The first kappa shape index (κ1) is 23.5. The van der Waals surface area contributed by atoms with Gasteiger partial charge in [0.2, 0.25) is 11.7 Å². The van der Waals surface area contributed by atoms with Crippen molar-refractivity contribution in [2.75, 3.05) is 26.6 Å². The lowest BCUT2D eigenvalue weighted by atomic mass is 9.95. The summed E-state index contributed by atoms with van der Waals surface area (Å²) in [6, 6.07) is 9.32. The molecule has 9 nitrogen and oxygen atoms in total.